The van der Waals surface area contributed by atoms with Crippen LogP contribution in [0.3, 0.4) is 0 Å². The van der Waals surface area contributed by atoms with Crippen LogP contribution in [-0.4, -0.2) is 87.6 Å². The lowest BCUT2D eigenvalue weighted by Crippen LogP contribution is -2.53. The number of fused-ring (bicyclic) bond motifs is 1. The van der Waals surface area contributed by atoms with Gasteiger partial charge < -0.3 is 14.9 Å². The van der Waals surface area contributed by atoms with E-state index in [2.05, 4.69) is 15.0 Å². The lowest BCUT2D eigenvalue weighted by Gasteiger charge is -2.43. The molecule has 5 aromatic heterocycles. The van der Waals surface area contributed by atoms with Gasteiger partial charge in [0, 0.05) is 67.9 Å². The molecule has 270 valence electrons. The fourth-order valence-electron chi connectivity index (χ4n) is 7.65. The summed E-state index contributed by atoms with van der Waals surface area (Å²) in [4.78, 5) is 63.9. The van der Waals surface area contributed by atoms with E-state index in [-0.39, 0.29) is 35.8 Å². The molecule has 2 aliphatic heterocycles. The maximum Gasteiger partial charge on any atom is 0.265 e. The molecule has 2 saturated heterocycles. The first-order chi connectivity index (χ1) is 25.7. The minimum atomic E-state index is -1.17. The summed E-state index contributed by atoms with van der Waals surface area (Å²) in [5.41, 5.74) is 3.43. The number of aromatic nitrogens is 6. The molecular formula is C40H40N8O4S. The number of thiazole rings is 1. The highest BCUT2D eigenvalue weighted by molar-refractivity contribution is 7.17. The van der Waals surface area contributed by atoms with Crippen molar-refractivity contribution in [3.8, 4) is 16.3 Å². The molecule has 0 unspecified atom stereocenters. The van der Waals surface area contributed by atoms with E-state index in [4.69, 9.17) is 4.98 Å². The lowest BCUT2D eigenvalue weighted by atomic mass is 9.79. The number of nitrogens with zero attached hydrogens (tertiary/aromatic N) is 8. The van der Waals surface area contributed by atoms with Crippen LogP contribution in [0.5, 0.6) is 0 Å². The standard InChI is InChI=1S/C40H40N8O4S/c1-26-10-11-29(21-42-26)36-44-27(2)34(53-36)39(51)46-17-12-31(33(23-46)28-7-4-3-5-8-28)37(49)45-19-14-40(52,15-20-45)24-47-25-43-35-32(38(47)50)13-18-48(35)30-9-6-16-41-22-30/h3-11,13,16,18,21-22,25,31,33,52H,12,14-15,17,19-20,23-24H2,1-2H3/t31-,33+/m1/s1. The Kier molecular flexibility index (Phi) is 9.21. The second kappa shape index (κ2) is 14.1. The van der Waals surface area contributed by atoms with Crippen LogP contribution < -0.4 is 5.56 Å². The minimum absolute atomic E-state index is 0.0353. The number of carbonyl (C=O) groups is 2. The predicted molar refractivity (Wildman–Crippen MR) is 202 cm³/mol. The lowest BCUT2D eigenvalue weighted by molar-refractivity contribution is -0.142. The number of amides is 2. The Morgan fingerprint density at radius 1 is 0.943 bits per heavy atom. The van der Waals surface area contributed by atoms with Crippen LogP contribution in [0.1, 0.15) is 51.8 Å². The summed E-state index contributed by atoms with van der Waals surface area (Å²) in [5, 5.41) is 12.9. The Labute approximate surface area is 310 Å². The SMILES string of the molecule is Cc1ccc(-c2nc(C)c(C(=O)N3CC[C@@H](C(=O)N4CCC(O)(Cn5cnc6c(ccn6-c6cccnc6)c5=O)CC4)[C@H](c4ccccc4)C3)s2)cn1. The summed E-state index contributed by atoms with van der Waals surface area (Å²) in [6, 6.07) is 19.3. The van der Waals surface area contributed by atoms with E-state index in [0.29, 0.717) is 67.0 Å². The second-order valence-electron chi connectivity index (χ2n) is 14.1. The molecule has 0 saturated carbocycles. The van der Waals surface area contributed by atoms with Gasteiger partial charge in [0.25, 0.3) is 11.5 Å². The van der Waals surface area contributed by atoms with E-state index in [1.54, 1.807) is 30.9 Å². The van der Waals surface area contributed by atoms with E-state index in [9.17, 15) is 19.5 Å². The smallest absolute Gasteiger partial charge is 0.265 e. The van der Waals surface area contributed by atoms with Crippen molar-refractivity contribution in [2.24, 2.45) is 5.92 Å². The highest BCUT2D eigenvalue weighted by atomic mass is 32.1. The highest BCUT2D eigenvalue weighted by Crippen LogP contribution is 2.37. The van der Waals surface area contributed by atoms with E-state index in [1.807, 2.05) is 82.8 Å². The van der Waals surface area contributed by atoms with Crippen molar-refractivity contribution in [2.45, 2.75) is 51.2 Å². The van der Waals surface area contributed by atoms with Gasteiger partial charge in [-0.1, -0.05) is 30.3 Å². The van der Waals surface area contributed by atoms with Crippen LogP contribution in [0.15, 0.2) is 96.6 Å². The molecule has 12 nitrogen and oxygen atoms in total. The van der Waals surface area contributed by atoms with Gasteiger partial charge >= 0.3 is 0 Å². The topological polar surface area (TPSA) is 139 Å². The summed E-state index contributed by atoms with van der Waals surface area (Å²) in [7, 11) is 0. The number of hydrogen-bond donors (Lipinski definition) is 1. The number of aliphatic hydroxyl groups is 1. The molecule has 0 aliphatic carbocycles. The molecule has 2 fully saturated rings. The van der Waals surface area contributed by atoms with Gasteiger partial charge in [-0.05, 0) is 69.0 Å². The Hall–Kier alpha value is -5.53. The number of piperidine rings is 2. The van der Waals surface area contributed by atoms with Gasteiger partial charge in [-0.15, -0.1) is 11.3 Å². The fourth-order valence-corrected chi connectivity index (χ4v) is 8.68. The Morgan fingerprint density at radius 2 is 1.75 bits per heavy atom. The molecule has 1 aromatic carbocycles. The van der Waals surface area contributed by atoms with Gasteiger partial charge in [-0.3, -0.25) is 33.5 Å². The molecule has 0 radical (unpaired) electrons. The maximum atomic E-state index is 14.3. The van der Waals surface area contributed by atoms with Crippen LogP contribution in [0.4, 0.5) is 0 Å². The molecule has 13 heteroatoms. The van der Waals surface area contributed by atoms with Crippen molar-refractivity contribution in [1.82, 2.24) is 38.9 Å². The molecule has 8 rings (SSSR count). The van der Waals surface area contributed by atoms with Crippen molar-refractivity contribution < 1.29 is 14.7 Å². The number of carbonyl (C=O) groups excluding carboxylic acids is 2. The maximum absolute atomic E-state index is 14.3. The molecule has 2 amide bonds. The van der Waals surface area contributed by atoms with Crippen LogP contribution in [0.25, 0.3) is 27.3 Å². The monoisotopic (exact) mass is 728 g/mol. The van der Waals surface area contributed by atoms with Gasteiger partial charge in [0.2, 0.25) is 5.91 Å². The van der Waals surface area contributed by atoms with Crippen molar-refractivity contribution in [3.05, 3.63) is 124 Å². The molecule has 2 aliphatic rings. The fraction of sp³-hybridized carbons (Fsp3) is 0.325. The molecule has 0 bridgehead atoms. The number of likely N-dealkylation sites (tertiary alicyclic amines) is 2. The summed E-state index contributed by atoms with van der Waals surface area (Å²) in [6.45, 7) is 5.49. The molecule has 2 atom stereocenters. The van der Waals surface area contributed by atoms with E-state index >= 15 is 0 Å². The Bertz CT molecular complexity index is 2330. The number of rotatable bonds is 7. The van der Waals surface area contributed by atoms with Gasteiger partial charge in [0.05, 0.1) is 35.1 Å². The normalized spacial score (nSPS) is 18.7. The summed E-state index contributed by atoms with van der Waals surface area (Å²) in [5.74, 6) is -0.542. The van der Waals surface area contributed by atoms with Gasteiger partial charge in [-0.2, -0.15) is 0 Å². The van der Waals surface area contributed by atoms with Crippen molar-refractivity contribution in [1.29, 1.82) is 0 Å². The van der Waals surface area contributed by atoms with Crippen LogP contribution in [0.2, 0.25) is 0 Å². The van der Waals surface area contributed by atoms with Crippen LogP contribution in [0, 0.1) is 19.8 Å². The zero-order valence-electron chi connectivity index (χ0n) is 29.6. The predicted octanol–water partition coefficient (Wildman–Crippen LogP) is 5.02. The van der Waals surface area contributed by atoms with E-state index < -0.39 is 5.60 Å². The Balaban J connectivity index is 0.954. The summed E-state index contributed by atoms with van der Waals surface area (Å²) < 4.78 is 3.29. The van der Waals surface area contributed by atoms with Gasteiger partial charge in [-0.25, -0.2) is 9.97 Å². The number of aryl methyl sites for hydroxylation is 2. The first-order valence-corrected chi connectivity index (χ1v) is 18.7. The minimum Gasteiger partial charge on any atom is -0.388 e. The third kappa shape index (κ3) is 6.77. The highest BCUT2D eigenvalue weighted by Gasteiger charge is 2.42. The summed E-state index contributed by atoms with van der Waals surface area (Å²) in [6.07, 6.45) is 9.65. The average molecular weight is 729 g/mol. The van der Waals surface area contributed by atoms with E-state index in [0.717, 1.165) is 27.5 Å². The molecule has 1 N–H and O–H groups in total. The molecule has 53 heavy (non-hydrogen) atoms. The Morgan fingerprint density at radius 3 is 2.49 bits per heavy atom. The van der Waals surface area contributed by atoms with Crippen molar-refractivity contribution in [2.75, 3.05) is 26.2 Å². The third-order valence-electron chi connectivity index (χ3n) is 10.7. The first-order valence-electron chi connectivity index (χ1n) is 17.9. The zero-order valence-corrected chi connectivity index (χ0v) is 30.4. The zero-order chi connectivity index (χ0) is 36.7. The third-order valence-corrected chi connectivity index (χ3v) is 11.9. The van der Waals surface area contributed by atoms with Gasteiger partial charge in [0.1, 0.15) is 16.2 Å². The average Bonchev–Trinajstić information content (AvgIpc) is 3.80. The summed E-state index contributed by atoms with van der Waals surface area (Å²) >= 11 is 1.38. The molecule has 7 heterocycles. The van der Waals surface area contributed by atoms with Crippen LogP contribution in [-0.2, 0) is 11.3 Å². The quantitative estimate of drug-likeness (QED) is 0.242. The molecular weight excluding hydrogens is 689 g/mol. The number of benzene rings is 1. The van der Waals surface area contributed by atoms with Crippen LogP contribution >= 0.6 is 11.3 Å². The first kappa shape index (κ1) is 34.6. The van der Waals surface area contributed by atoms with Crippen molar-refractivity contribution >= 4 is 34.2 Å². The van der Waals surface area contributed by atoms with E-state index in [1.165, 1.54) is 22.2 Å². The number of pyridine rings is 2. The molecule has 0 spiro atoms. The van der Waals surface area contributed by atoms with Crippen molar-refractivity contribution in [3.63, 3.8) is 0 Å². The largest absolute Gasteiger partial charge is 0.388 e. The molecule has 6 aromatic rings. The second-order valence-corrected chi connectivity index (χ2v) is 15.1. The number of hydrogen-bond acceptors (Lipinski definition) is 9. The van der Waals surface area contributed by atoms with Gasteiger partial charge in [0.15, 0.2) is 5.65 Å².